The molecule has 0 saturated carbocycles. The molecule has 28 heavy (non-hydrogen) atoms. The fraction of sp³-hybridized carbons (Fsp3) is 0.636. The molecule has 3 saturated heterocycles. The minimum absolute atomic E-state index is 0.132. The van der Waals surface area contributed by atoms with Gasteiger partial charge in [0.15, 0.2) is 0 Å². The van der Waals surface area contributed by atoms with Crippen LogP contribution in [0.5, 0.6) is 0 Å². The van der Waals surface area contributed by atoms with Crippen LogP contribution in [0.25, 0.3) is 0 Å². The van der Waals surface area contributed by atoms with E-state index in [0.717, 1.165) is 68.4 Å². The second-order valence-corrected chi connectivity index (χ2v) is 9.40. The predicted octanol–water partition coefficient (Wildman–Crippen LogP) is 3.29. The van der Waals surface area contributed by atoms with Gasteiger partial charge in [-0.15, -0.1) is 0 Å². The highest BCUT2D eigenvalue weighted by atomic mass is 79.9. The first-order valence-corrected chi connectivity index (χ1v) is 11.5. The number of halogens is 1. The number of fused-ring (bicyclic) bond motifs is 2. The van der Waals surface area contributed by atoms with Crippen LogP contribution >= 0.6 is 15.9 Å². The Morgan fingerprint density at radius 2 is 1.89 bits per heavy atom. The molecule has 4 rings (SSSR count). The van der Waals surface area contributed by atoms with Gasteiger partial charge in [0, 0.05) is 43.1 Å². The van der Waals surface area contributed by atoms with E-state index in [1.165, 1.54) is 6.42 Å². The number of benzene rings is 1. The highest BCUT2D eigenvalue weighted by Gasteiger charge is 2.38. The molecule has 2 amide bonds. The minimum atomic E-state index is 0.132. The van der Waals surface area contributed by atoms with Crippen LogP contribution in [0.4, 0.5) is 0 Å². The molecule has 3 fully saturated rings. The van der Waals surface area contributed by atoms with Crippen molar-refractivity contribution in [1.82, 2.24) is 15.1 Å². The third-order valence-electron chi connectivity index (χ3n) is 6.56. The van der Waals surface area contributed by atoms with Crippen LogP contribution in [0.1, 0.15) is 48.9 Å². The topological polar surface area (TPSA) is 52.7 Å². The van der Waals surface area contributed by atoms with E-state index in [2.05, 4.69) is 21.2 Å². The standard InChI is InChI=1S/C22H30BrN3O2/c23-19-7-2-1-6-18(19)22(28)26-14-16-12-17(15-26)20(24-13-16)8-5-9-21(27)25-10-3-4-11-25/h1-2,6-7,16-17,20,24H,3-5,8-15H2/t16-,17+,20+/m0/s1. The van der Waals surface area contributed by atoms with Crippen molar-refractivity contribution in [2.24, 2.45) is 11.8 Å². The number of nitrogens with zero attached hydrogens (tertiary/aromatic N) is 2. The Morgan fingerprint density at radius 1 is 1.11 bits per heavy atom. The summed E-state index contributed by atoms with van der Waals surface area (Å²) >= 11 is 3.52. The van der Waals surface area contributed by atoms with Crippen LogP contribution in [0, 0.1) is 11.8 Å². The fourth-order valence-corrected chi connectivity index (χ4v) is 5.53. The van der Waals surface area contributed by atoms with Crippen molar-refractivity contribution in [3.05, 3.63) is 34.3 Å². The maximum Gasteiger partial charge on any atom is 0.255 e. The van der Waals surface area contributed by atoms with Crippen LogP contribution < -0.4 is 5.32 Å². The van der Waals surface area contributed by atoms with Gasteiger partial charge in [-0.2, -0.15) is 0 Å². The van der Waals surface area contributed by atoms with Crippen molar-refractivity contribution < 1.29 is 9.59 Å². The van der Waals surface area contributed by atoms with E-state index in [1.54, 1.807) is 0 Å². The first-order valence-electron chi connectivity index (χ1n) is 10.7. The molecular weight excluding hydrogens is 418 g/mol. The van der Waals surface area contributed by atoms with Gasteiger partial charge >= 0.3 is 0 Å². The van der Waals surface area contributed by atoms with E-state index < -0.39 is 0 Å². The molecule has 1 N–H and O–H groups in total. The molecule has 3 atom stereocenters. The second-order valence-electron chi connectivity index (χ2n) is 8.55. The minimum Gasteiger partial charge on any atom is -0.343 e. The second kappa shape index (κ2) is 8.95. The maximum atomic E-state index is 13.0. The van der Waals surface area contributed by atoms with Gasteiger partial charge in [-0.1, -0.05) is 12.1 Å². The number of carbonyl (C=O) groups excluding carboxylic acids is 2. The molecule has 6 heteroatoms. The van der Waals surface area contributed by atoms with Crippen LogP contribution in [-0.4, -0.2) is 60.4 Å². The molecule has 0 spiro atoms. The van der Waals surface area contributed by atoms with E-state index >= 15 is 0 Å². The molecule has 5 nitrogen and oxygen atoms in total. The summed E-state index contributed by atoms with van der Waals surface area (Å²) < 4.78 is 0.867. The molecule has 3 aliphatic rings. The molecule has 1 aromatic carbocycles. The van der Waals surface area contributed by atoms with Gasteiger partial charge in [-0.25, -0.2) is 0 Å². The summed E-state index contributed by atoms with van der Waals surface area (Å²) in [6.45, 7) is 4.51. The van der Waals surface area contributed by atoms with Gasteiger partial charge < -0.3 is 15.1 Å². The molecular formula is C22H30BrN3O2. The summed E-state index contributed by atoms with van der Waals surface area (Å²) in [6.07, 6.45) is 6.12. The van der Waals surface area contributed by atoms with Crippen molar-refractivity contribution in [3.8, 4) is 0 Å². The number of piperidine rings is 2. The number of likely N-dealkylation sites (tertiary alicyclic amines) is 2. The van der Waals surface area contributed by atoms with Gasteiger partial charge in [-0.05, 0) is 78.5 Å². The number of amides is 2. The van der Waals surface area contributed by atoms with Crippen molar-refractivity contribution in [3.63, 3.8) is 0 Å². The first kappa shape index (κ1) is 19.9. The third kappa shape index (κ3) is 4.43. The zero-order valence-corrected chi connectivity index (χ0v) is 18.0. The molecule has 0 aliphatic carbocycles. The molecule has 0 unspecified atom stereocenters. The average Bonchev–Trinajstić information content (AvgIpc) is 3.24. The number of nitrogens with one attached hydrogen (secondary N) is 1. The third-order valence-corrected chi connectivity index (χ3v) is 7.25. The summed E-state index contributed by atoms with van der Waals surface area (Å²) in [5.74, 6) is 1.47. The summed E-state index contributed by atoms with van der Waals surface area (Å²) in [4.78, 5) is 29.4. The lowest BCUT2D eigenvalue weighted by Crippen LogP contribution is -2.57. The predicted molar refractivity (Wildman–Crippen MR) is 113 cm³/mol. The van der Waals surface area contributed by atoms with Gasteiger partial charge in [-0.3, -0.25) is 9.59 Å². The van der Waals surface area contributed by atoms with Crippen LogP contribution in [-0.2, 0) is 4.79 Å². The van der Waals surface area contributed by atoms with Gasteiger partial charge in [0.1, 0.15) is 0 Å². The van der Waals surface area contributed by atoms with Crippen LogP contribution in [0.2, 0.25) is 0 Å². The Morgan fingerprint density at radius 3 is 2.68 bits per heavy atom. The Hall–Kier alpha value is -1.40. The van der Waals surface area contributed by atoms with Gasteiger partial charge in [0.2, 0.25) is 5.91 Å². The lowest BCUT2D eigenvalue weighted by atomic mass is 9.79. The van der Waals surface area contributed by atoms with Crippen LogP contribution in [0.15, 0.2) is 28.7 Å². The van der Waals surface area contributed by atoms with E-state index in [-0.39, 0.29) is 5.91 Å². The zero-order chi connectivity index (χ0) is 19.5. The largest absolute Gasteiger partial charge is 0.343 e. The summed E-state index contributed by atoms with van der Waals surface area (Å²) in [5, 5.41) is 3.70. The van der Waals surface area contributed by atoms with Crippen LogP contribution in [0.3, 0.4) is 0 Å². The summed E-state index contributed by atoms with van der Waals surface area (Å²) in [7, 11) is 0. The molecule has 2 bridgehead atoms. The first-order chi connectivity index (χ1) is 13.6. The Labute approximate surface area is 176 Å². The quantitative estimate of drug-likeness (QED) is 0.752. The van der Waals surface area contributed by atoms with Gasteiger partial charge in [0.05, 0.1) is 5.56 Å². The van der Waals surface area contributed by atoms with Crippen molar-refractivity contribution in [2.75, 3.05) is 32.7 Å². The molecule has 3 heterocycles. The Kier molecular flexibility index (Phi) is 6.36. The molecule has 152 valence electrons. The highest BCUT2D eigenvalue weighted by molar-refractivity contribution is 9.10. The summed E-state index contributed by atoms with van der Waals surface area (Å²) in [5.41, 5.74) is 0.753. The van der Waals surface area contributed by atoms with Crippen molar-refractivity contribution in [1.29, 1.82) is 0 Å². The molecule has 0 aromatic heterocycles. The number of hydrogen-bond donors (Lipinski definition) is 1. The van der Waals surface area contributed by atoms with Crippen molar-refractivity contribution in [2.45, 2.75) is 44.6 Å². The van der Waals surface area contributed by atoms with E-state index in [0.29, 0.717) is 30.2 Å². The Balaban J connectivity index is 1.32. The number of hydrogen-bond acceptors (Lipinski definition) is 3. The normalized spacial score (nSPS) is 27.1. The average molecular weight is 448 g/mol. The smallest absolute Gasteiger partial charge is 0.255 e. The fourth-order valence-electron chi connectivity index (χ4n) is 5.08. The maximum absolute atomic E-state index is 13.0. The molecule has 0 radical (unpaired) electrons. The lowest BCUT2D eigenvalue weighted by Gasteiger charge is -2.46. The lowest BCUT2D eigenvalue weighted by molar-refractivity contribution is -0.130. The molecule has 1 aromatic rings. The van der Waals surface area contributed by atoms with Crippen molar-refractivity contribution >= 4 is 27.7 Å². The SMILES string of the molecule is O=C(CCC[C@H]1NC[C@@H]2C[C@@H]1CN(C(=O)c1ccccc1Br)C2)N1CCCC1. The van der Waals surface area contributed by atoms with E-state index in [1.807, 2.05) is 34.1 Å². The molecule has 3 aliphatic heterocycles. The van der Waals surface area contributed by atoms with E-state index in [4.69, 9.17) is 0 Å². The zero-order valence-electron chi connectivity index (χ0n) is 16.4. The number of rotatable bonds is 5. The van der Waals surface area contributed by atoms with Gasteiger partial charge in [0.25, 0.3) is 5.91 Å². The Bertz CT molecular complexity index is 719. The monoisotopic (exact) mass is 447 g/mol. The highest BCUT2D eigenvalue weighted by Crippen LogP contribution is 2.32. The summed E-state index contributed by atoms with van der Waals surface area (Å²) in [6, 6.07) is 8.10. The van der Waals surface area contributed by atoms with E-state index in [9.17, 15) is 9.59 Å². The number of carbonyl (C=O) groups is 2.